The highest BCUT2D eigenvalue weighted by Gasteiger charge is 2.49. The molecule has 1 spiro atoms. The second-order valence-corrected chi connectivity index (χ2v) is 8.67. The van der Waals surface area contributed by atoms with Gasteiger partial charge in [0.1, 0.15) is 12.6 Å². The number of aromatic nitrogens is 2. The van der Waals surface area contributed by atoms with Crippen LogP contribution >= 0.6 is 0 Å². The number of halogens is 3. The van der Waals surface area contributed by atoms with E-state index in [4.69, 9.17) is 11.0 Å². The Kier molecular flexibility index (Phi) is 5.78. The van der Waals surface area contributed by atoms with Gasteiger partial charge in [-0.25, -0.2) is 0 Å². The minimum absolute atomic E-state index is 0.00441. The van der Waals surface area contributed by atoms with E-state index in [0.717, 1.165) is 6.07 Å². The van der Waals surface area contributed by atoms with Crippen molar-refractivity contribution >= 4 is 17.5 Å². The van der Waals surface area contributed by atoms with Crippen LogP contribution in [0.4, 0.5) is 18.9 Å². The maximum absolute atomic E-state index is 13.3. The minimum atomic E-state index is -4.62. The van der Waals surface area contributed by atoms with Crippen molar-refractivity contribution in [1.29, 1.82) is 5.26 Å². The second-order valence-electron chi connectivity index (χ2n) is 8.67. The number of primary amides is 1. The van der Waals surface area contributed by atoms with Gasteiger partial charge in [0.25, 0.3) is 0 Å². The van der Waals surface area contributed by atoms with E-state index < -0.39 is 29.3 Å². The van der Waals surface area contributed by atoms with Crippen LogP contribution in [-0.2, 0) is 22.3 Å². The van der Waals surface area contributed by atoms with Crippen LogP contribution in [0.25, 0.3) is 0 Å². The molecule has 4 rings (SSSR count). The number of likely N-dealkylation sites (tertiary alicyclic amines) is 1. The number of benzene rings is 1. The lowest BCUT2D eigenvalue weighted by atomic mass is 9.76. The molecule has 174 valence electrons. The zero-order valence-corrected chi connectivity index (χ0v) is 17.8. The Labute approximate surface area is 188 Å². The smallest absolute Gasteiger partial charge is 0.371 e. The van der Waals surface area contributed by atoms with Crippen LogP contribution in [-0.4, -0.2) is 52.2 Å². The maximum Gasteiger partial charge on any atom is 0.417 e. The highest BCUT2D eigenvalue weighted by atomic mass is 19.4. The Bertz CT molecular complexity index is 1080. The van der Waals surface area contributed by atoms with Crippen molar-refractivity contribution in [3.8, 4) is 6.07 Å². The van der Waals surface area contributed by atoms with Crippen molar-refractivity contribution in [2.24, 2.45) is 11.1 Å². The molecule has 1 aromatic heterocycles. The quantitative estimate of drug-likeness (QED) is 0.752. The molecule has 1 unspecified atom stereocenters. The van der Waals surface area contributed by atoms with Crippen molar-refractivity contribution < 1.29 is 22.8 Å². The van der Waals surface area contributed by atoms with Crippen LogP contribution in [0.3, 0.4) is 0 Å². The molecule has 0 bridgehead atoms. The molecule has 3 heterocycles. The fourth-order valence-corrected chi connectivity index (χ4v) is 4.86. The number of alkyl halides is 3. The number of carbonyl (C=O) groups excluding carboxylic acids is 2. The first-order valence-corrected chi connectivity index (χ1v) is 10.5. The molecule has 11 heteroatoms. The summed E-state index contributed by atoms with van der Waals surface area (Å²) in [5.41, 5.74) is 4.30. The Morgan fingerprint density at radius 3 is 2.58 bits per heavy atom. The summed E-state index contributed by atoms with van der Waals surface area (Å²) in [6.45, 7) is 1.31. The Morgan fingerprint density at radius 1 is 1.27 bits per heavy atom. The number of hydrogen-bond donors (Lipinski definition) is 1. The van der Waals surface area contributed by atoms with Crippen LogP contribution in [0.2, 0.25) is 0 Å². The third kappa shape index (κ3) is 4.51. The fourth-order valence-electron chi connectivity index (χ4n) is 4.86. The summed E-state index contributed by atoms with van der Waals surface area (Å²) in [5, 5.41) is 13.0. The van der Waals surface area contributed by atoms with Gasteiger partial charge < -0.3 is 15.5 Å². The van der Waals surface area contributed by atoms with Crippen molar-refractivity contribution in [2.45, 2.75) is 38.0 Å². The van der Waals surface area contributed by atoms with Crippen molar-refractivity contribution in [3.05, 3.63) is 47.8 Å². The van der Waals surface area contributed by atoms with Gasteiger partial charge in [0, 0.05) is 37.7 Å². The molecule has 0 radical (unpaired) electrons. The molecule has 33 heavy (non-hydrogen) atoms. The summed E-state index contributed by atoms with van der Waals surface area (Å²) >= 11 is 0. The van der Waals surface area contributed by atoms with Gasteiger partial charge in [-0.2, -0.15) is 23.5 Å². The van der Waals surface area contributed by atoms with E-state index >= 15 is 0 Å². The molecular formula is C22H23F3N6O2. The molecule has 8 nitrogen and oxygen atoms in total. The molecule has 2 fully saturated rings. The lowest BCUT2D eigenvalue weighted by Crippen LogP contribution is -2.45. The van der Waals surface area contributed by atoms with Crippen LogP contribution in [0.1, 0.15) is 30.4 Å². The van der Waals surface area contributed by atoms with Gasteiger partial charge in [0.15, 0.2) is 0 Å². The number of amides is 2. The van der Waals surface area contributed by atoms with Gasteiger partial charge in [-0.05, 0) is 48.9 Å². The monoisotopic (exact) mass is 460 g/mol. The average molecular weight is 460 g/mol. The standard InChI is InChI=1S/C22H23F3N6O2/c23-22(24,25)17-10-16(3-2-15(17)12-26)29-8-4-21(5-9-29)11-18(20(27)33)31(14-21)19(32)13-30-7-1-6-28-30/h1-3,6-7,10,18H,4-5,8-9,11,13-14H2,(H2,27,33). The summed E-state index contributed by atoms with van der Waals surface area (Å²) in [6.07, 6.45) is 0.241. The van der Waals surface area contributed by atoms with Gasteiger partial charge in [-0.15, -0.1) is 0 Å². The first-order chi connectivity index (χ1) is 15.6. The number of anilines is 1. The Morgan fingerprint density at radius 2 is 2.00 bits per heavy atom. The summed E-state index contributed by atoms with van der Waals surface area (Å²) in [5.74, 6) is -0.811. The predicted molar refractivity (Wildman–Crippen MR) is 112 cm³/mol. The second kappa shape index (κ2) is 8.42. The van der Waals surface area contributed by atoms with Gasteiger partial charge in [0.2, 0.25) is 11.8 Å². The SMILES string of the molecule is N#Cc1ccc(N2CCC3(CC2)CC(C(N)=O)N(C(=O)Cn2cccn2)C3)cc1C(F)(F)F. The molecule has 2 aliphatic rings. The van der Waals surface area contributed by atoms with Crippen molar-refractivity contribution in [2.75, 3.05) is 24.5 Å². The van der Waals surface area contributed by atoms with E-state index in [2.05, 4.69) is 5.10 Å². The topological polar surface area (TPSA) is 108 Å². The normalized spacial score (nSPS) is 20.1. The number of nitrogens with two attached hydrogens (primary N) is 1. The van der Waals surface area contributed by atoms with Crippen LogP contribution < -0.4 is 10.6 Å². The fraction of sp³-hybridized carbons (Fsp3) is 0.455. The molecule has 1 atom stereocenters. The minimum Gasteiger partial charge on any atom is -0.371 e. The first-order valence-electron chi connectivity index (χ1n) is 10.5. The Hall–Kier alpha value is -3.55. The number of nitrogens with zero attached hydrogens (tertiary/aromatic N) is 5. The average Bonchev–Trinajstić information content (AvgIpc) is 3.41. The lowest BCUT2D eigenvalue weighted by Gasteiger charge is -2.40. The predicted octanol–water partition coefficient (Wildman–Crippen LogP) is 2.15. The number of hydrogen-bond acceptors (Lipinski definition) is 5. The summed E-state index contributed by atoms with van der Waals surface area (Å²) < 4.78 is 41.5. The van der Waals surface area contributed by atoms with Crippen molar-refractivity contribution in [1.82, 2.24) is 14.7 Å². The summed E-state index contributed by atoms with van der Waals surface area (Å²) in [6, 6.07) is 6.30. The molecule has 1 aromatic carbocycles. The molecular weight excluding hydrogens is 437 g/mol. The third-order valence-corrected chi connectivity index (χ3v) is 6.63. The van der Waals surface area contributed by atoms with Crippen LogP contribution in [0.5, 0.6) is 0 Å². The Balaban J connectivity index is 1.48. The van der Waals surface area contributed by atoms with E-state index in [-0.39, 0.29) is 17.9 Å². The molecule has 2 amide bonds. The highest BCUT2D eigenvalue weighted by molar-refractivity contribution is 5.87. The molecule has 0 saturated carbocycles. The van der Waals surface area contributed by atoms with Gasteiger partial charge in [-0.1, -0.05) is 0 Å². The maximum atomic E-state index is 13.3. The number of carbonyl (C=O) groups is 2. The van der Waals surface area contributed by atoms with E-state index in [1.165, 1.54) is 21.7 Å². The molecule has 2 aromatic rings. The van der Waals surface area contributed by atoms with Gasteiger partial charge >= 0.3 is 6.18 Å². The van der Waals surface area contributed by atoms with Gasteiger partial charge in [0.05, 0.1) is 17.2 Å². The molecule has 2 saturated heterocycles. The zero-order valence-electron chi connectivity index (χ0n) is 17.8. The molecule has 0 aliphatic carbocycles. The number of rotatable bonds is 4. The van der Waals surface area contributed by atoms with Gasteiger partial charge in [-0.3, -0.25) is 14.3 Å². The first kappa shape index (κ1) is 22.6. The number of nitriles is 1. The molecule has 2 aliphatic heterocycles. The van der Waals surface area contributed by atoms with E-state index in [0.29, 0.717) is 44.6 Å². The highest BCUT2D eigenvalue weighted by Crippen LogP contribution is 2.44. The zero-order chi connectivity index (χ0) is 23.8. The molecule has 2 N–H and O–H groups in total. The van der Waals surface area contributed by atoms with E-state index in [1.807, 2.05) is 4.90 Å². The van der Waals surface area contributed by atoms with E-state index in [9.17, 15) is 22.8 Å². The number of piperidine rings is 1. The summed E-state index contributed by atoms with van der Waals surface area (Å²) in [4.78, 5) is 28.3. The van der Waals surface area contributed by atoms with Crippen molar-refractivity contribution in [3.63, 3.8) is 0 Å². The van der Waals surface area contributed by atoms with E-state index in [1.54, 1.807) is 24.5 Å². The third-order valence-electron chi connectivity index (χ3n) is 6.63. The lowest BCUT2D eigenvalue weighted by molar-refractivity contribution is -0.138. The van der Waals surface area contributed by atoms with Crippen LogP contribution in [0, 0.1) is 16.7 Å². The largest absolute Gasteiger partial charge is 0.417 e. The summed E-state index contributed by atoms with van der Waals surface area (Å²) in [7, 11) is 0. The van der Waals surface area contributed by atoms with Crippen LogP contribution in [0.15, 0.2) is 36.7 Å².